The van der Waals surface area contributed by atoms with Gasteiger partial charge in [0.15, 0.2) is 0 Å². The summed E-state index contributed by atoms with van der Waals surface area (Å²) in [6.45, 7) is 2.99. The summed E-state index contributed by atoms with van der Waals surface area (Å²) >= 11 is 0. The Morgan fingerprint density at radius 1 is 0.967 bits per heavy atom. The number of aromatic nitrogens is 3. The van der Waals surface area contributed by atoms with Gasteiger partial charge in [-0.3, -0.25) is 18.8 Å². The van der Waals surface area contributed by atoms with Crippen molar-refractivity contribution in [2.24, 2.45) is 0 Å². The number of halogens is 1. The predicted octanol–water partition coefficient (Wildman–Crippen LogP) is 4.01. The van der Waals surface area contributed by atoms with E-state index in [4.69, 9.17) is 4.98 Å². The van der Waals surface area contributed by atoms with Gasteiger partial charge in [0.25, 0.3) is 5.56 Å². The summed E-state index contributed by atoms with van der Waals surface area (Å²) in [7, 11) is 0. The van der Waals surface area contributed by atoms with E-state index < -0.39 is 0 Å². The fourth-order valence-electron chi connectivity index (χ4n) is 5.07. The first-order chi connectivity index (χ1) is 14.7. The second kappa shape index (κ2) is 6.64. The molecule has 4 aromatic rings. The van der Waals surface area contributed by atoms with Crippen molar-refractivity contribution in [3.8, 4) is 11.6 Å². The molecular formula is C24H21FN4O. The van der Waals surface area contributed by atoms with Crippen LogP contribution in [0.2, 0.25) is 0 Å². The second-order valence-corrected chi connectivity index (χ2v) is 8.17. The van der Waals surface area contributed by atoms with Crippen molar-refractivity contribution in [3.63, 3.8) is 0 Å². The van der Waals surface area contributed by atoms with E-state index in [0.717, 1.165) is 49.2 Å². The average Bonchev–Trinajstić information content (AvgIpc) is 2.88. The number of hydrogen-bond acceptors (Lipinski definition) is 3. The standard InChI is InChI=1S/C24H21FN4O/c25-17-7-8-20-18(14-17)19-15-27-12-9-16(10-13-27)24(19)29(20)22-5-3-4-21(26-22)28-11-2-1-6-23(28)30/h1-8,11,14,16H,9-10,12-13,15H2. The van der Waals surface area contributed by atoms with Gasteiger partial charge in [-0.25, -0.2) is 9.37 Å². The molecular weight excluding hydrogens is 379 g/mol. The largest absolute Gasteiger partial charge is 0.299 e. The lowest BCUT2D eigenvalue weighted by atomic mass is 9.94. The third kappa shape index (κ3) is 2.64. The van der Waals surface area contributed by atoms with Crippen LogP contribution in [0.15, 0.2) is 65.6 Å². The minimum absolute atomic E-state index is 0.119. The maximum Gasteiger partial charge on any atom is 0.256 e. The molecule has 0 atom stereocenters. The molecule has 0 N–H and O–H groups in total. The quantitative estimate of drug-likeness (QED) is 0.511. The van der Waals surface area contributed by atoms with Crippen LogP contribution >= 0.6 is 0 Å². The van der Waals surface area contributed by atoms with Crippen LogP contribution in [0.3, 0.4) is 0 Å². The molecule has 1 aromatic carbocycles. The van der Waals surface area contributed by atoms with E-state index in [9.17, 15) is 9.18 Å². The summed E-state index contributed by atoms with van der Waals surface area (Å²) in [5, 5.41) is 0.966. The molecule has 30 heavy (non-hydrogen) atoms. The lowest BCUT2D eigenvalue weighted by Crippen LogP contribution is -2.29. The molecule has 1 fully saturated rings. The van der Waals surface area contributed by atoms with Crippen molar-refractivity contribution in [3.05, 3.63) is 88.2 Å². The number of nitrogens with zero attached hydrogens (tertiary/aromatic N) is 4. The van der Waals surface area contributed by atoms with Crippen LogP contribution in [0, 0.1) is 5.82 Å². The van der Waals surface area contributed by atoms with Crippen molar-refractivity contribution in [1.29, 1.82) is 0 Å². The molecule has 0 spiro atoms. The number of fused-ring (bicyclic) bond motifs is 3. The van der Waals surface area contributed by atoms with Crippen LogP contribution in [0.5, 0.6) is 0 Å². The molecule has 0 saturated carbocycles. The second-order valence-electron chi connectivity index (χ2n) is 8.17. The molecule has 6 heteroatoms. The third-order valence-corrected chi connectivity index (χ3v) is 6.45. The zero-order chi connectivity index (χ0) is 20.2. The SMILES string of the molecule is O=c1ccccn1-c1cccc(-n2c3c(c4cc(F)ccc42)CN2CCC3CC2)n1. The highest BCUT2D eigenvalue weighted by Gasteiger charge is 2.33. The molecule has 1 saturated heterocycles. The first-order valence-corrected chi connectivity index (χ1v) is 10.4. The number of benzene rings is 1. The summed E-state index contributed by atoms with van der Waals surface area (Å²) < 4.78 is 17.9. The molecule has 0 radical (unpaired) electrons. The molecule has 3 aromatic heterocycles. The monoisotopic (exact) mass is 400 g/mol. The zero-order valence-electron chi connectivity index (χ0n) is 16.5. The molecule has 3 aliphatic heterocycles. The molecule has 3 aliphatic rings. The maximum absolute atomic E-state index is 14.2. The summed E-state index contributed by atoms with van der Waals surface area (Å²) in [5.74, 6) is 1.56. The van der Waals surface area contributed by atoms with E-state index in [0.29, 0.717) is 11.7 Å². The minimum Gasteiger partial charge on any atom is -0.299 e. The molecule has 0 aliphatic carbocycles. The zero-order valence-corrected chi connectivity index (χ0v) is 16.5. The number of hydrogen-bond donors (Lipinski definition) is 0. The Morgan fingerprint density at radius 2 is 1.80 bits per heavy atom. The fraction of sp³-hybridized carbons (Fsp3) is 0.250. The Labute approximate surface area is 173 Å². The van der Waals surface area contributed by atoms with Gasteiger partial charge >= 0.3 is 0 Å². The van der Waals surface area contributed by atoms with Gasteiger partial charge < -0.3 is 0 Å². The Bertz CT molecular complexity index is 1330. The van der Waals surface area contributed by atoms with E-state index in [1.807, 2.05) is 30.3 Å². The highest BCUT2D eigenvalue weighted by atomic mass is 19.1. The van der Waals surface area contributed by atoms with Crippen molar-refractivity contribution in [1.82, 2.24) is 19.0 Å². The van der Waals surface area contributed by atoms with Crippen LogP contribution in [-0.4, -0.2) is 32.1 Å². The van der Waals surface area contributed by atoms with Gasteiger partial charge in [0.2, 0.25) is 0 Å². The Hall–Kier alpha value is -3.25. The van der Waals surface area contributed by atoms with Crippen LogP contribution in [-0.2, 0) is 6.54 Å². The summed E-state index contributed by atoms with van der Waals surface area (Å²) in [6.07, 6.45) is 3.93. The third-order valence-electron chi connectivity index (χ3n) is 6.45. The van der Waals surface area contributed by atoms with Crippen LogP contribution in [0.25, 0.3) is 22.5 Å². The highest BCUT2D eigenvalue weighted by molar-refractivity contribution is 5.87. The number of rotatable bonds is 2. The van der Waals surface area contributed by atoms with Gasteiger partial charge in [0, 0.05) is 35.8 Å². The number of pyridine rings is 2. The molecule has 2 bridgehead atoms. The molecule has 0 unspecified atom stereocenters. The normalized spacial score (nSPS) is 20.3. The molecule has 7 rings (SSSR count). The van der Waals surface area contributed by atoms with E-state index in [-0.39, 0.29) is 11.4 Å². The summed E-state index contributed by atoms with van der Waals surface area (Å²) in [6, 6.07) is 15.8. The Balaban J connectivity index is 1.63. The van der Waals surface area contributed by atoms with Gasteiger partial charge in [-0.05, 0) is 67.9 Å². The van der Waals surface area contributed by atoms with Crippen molar-refractivity contribution < 1.29 is 4.39 Å². The molecule has 150 valence electrons. The van der Waals surface area contributed by atoms with E-state index in [1.54, 1.807) is 22.9 Å². The van der Waals surface area contributed by atoms with Crippen LogP contribution in [0.4, 0.5) is 4.39 Å². The van der Waals surface area contributed by atoms with E-state index in [2.05, 4.69) is 9.47 Å². The topological polar surface area (TPSA) is 43.1 Å². The number of piperidine rings is 1. The minimum atomic E-state index is -0.216. The van der Waals surface area contributed by atoms with Crippen LogP contribution < -0.4 is 5.56 Å². The first kappa shape index (κ1) is 17.6. The lowest BCUT2D eigenvalue weighted by molar-refractivity contribution is 0.220. The van der Waals surface area contributed by atoms with Gasteiger partial charge in [0.05, 0.1) is 5.52 Å². The van der Waals surface area contributed by atoms with Gasteiger partial charge in [0.1, 0.15) is 17.5 Å². The highest BCUT2D eigenvalue weighted by Crippen LogP contribution is 2.42. The Kier molecular flexibility index (Phi) is 3.89. The van der Waals surface area contributed by atoms with Crippen molar-refractivity contribution in [2.75, 3.05) is 13.1 Å². The molecule has 6 heterocycles. The Morgan fingerprint density at radius 3 is 2.63 bits per heavy atom. The van der Waals surface area contributed by atoms with E-state index >= 15 is 0 Å². The van der Waals surface area contributed by atoms with E-state index in [1.165, 1.54) is 23.4 Å². The van der Waals surface area contributed by atoms with Gasteiger partial charge in [-0.15, -0.1) is 0 Å². The lowest BCUT2D eigenvalue weighted by Gasteiger charge is -2.27. The molecule has 0 amide bonds. The summed E-state index contributed by atoms with van der Waals surface area (Å²) in [5.41, 5.74) is 3.32. The van der Waals surface area contributed by atoms with Crippen molar-refractivity contribution >= 4 is 10.9 Å². The fourth-order valence-corrected chi connectivity index (χ4v) is 5.07. The maximum atomic E-state index is 14.2. The van der Waals surface area contributed by atoms with Crippen molar-refractivity contribution in [2.45, 2.75) is 25.3 Å². The molecule has 5 nitrogen and oxygen atoms in total. The van der Waals surface area contributed by atoms with Crippen LogP contribution in [0.1, 0.15) is 30.0 Å². The smallest absolute Gasteiger partial charge is 0.256 e. The predicted molar refractivity (Wildman–Crippen MR) is 114 cm³/mol. The average molecular weight is 400 g/mol. The first-order valence-electron chi connectivity index (χ1n) is 10.4. The summed E-state index contributed by atoms with van der Waals surface area (Å²) in [4.78, 5) is 19.6. The van der Waals surface area contributed by atoms with Gasteiger partial charge in [-0.2, -0.15) is 0 Å². The van der Waals surface area contributed by atoms with Gasteiger partial charge in [-0.1, -0.05) is 12.1 Å².